The predicted molar refractivity (Wildman–Crippen MR) is 92.7 cm³/mol. The number of nitrogens with two attached hydrogens (primary N) is 1. The molecule has 0 bridgehead atoms. The summed E-state index contributed by atoms with van der Waals surface area (Å²) in [7, 11) is 0. The van der Waals surface area contributed by atoms with Crippen LogP contribution in [0.15, 0.2) is 11.4 Å². The number of hydrogen-bond acceptors (Lipinski definition) is 2. The van der Waals surface area contributed by atoms with Gasteiger partial charge in [0, 0.05) is 10.9 Å². The van der Waals surface area contributed by atoms with Crippen LogP contribution in [0.1, 0.15) is 88.5 Å². The summed E-state index contributed by atoms with van der Waals surface area (Å²) in [4.78, 5) is 1.16. The zero-order chi connectivity index (χ0) is 14.6. The van der Waals surface area contributed by atoms with E-state index in [4.69, 9.17) is 17.3 Å². The molecule has 0 aliphatic carbocycles. The minimum absolute atomic E-state index is 0.136. The first kappa shape index (κ1) is 18.0. The van der Waals surface area contributed by atoms with Gasteiger partial charge in [0.05, 0.1) is 5.02 Å². The lowest BCUT2D eigenvalue weighted by Crippen LogP contribution is -2.08. The lowest BCUT2D eigenvalue weighted by Gasteiger charge is -2.10. The highest BCUT2D eigenvalue weighted by molar-refractivity contribution is 7.10. The minimum Gasteiger partial charge on any atom is -0.323 e. The fourth-order valence-corrected chi connectivity index (χ4v) is 3.79. The van der Waals surface area contributed by atoms with E-state index in [0.29, 0.717) is 0 Å². The van der Waals surface area contributed by atoms with Crippen LogP contribution in [0.4, 0.5) is 0 Å². The first-order valence-electron chi connectivity index (χ1n) is 8.24. The SMILES string of the molecule is CCCCCCCCCCCCC(N)c1sccc1Cl. The van der Waals surface area contributed by atoms with Crippen molar-refractivity contribution < 1.29 is 0 Å². The summed E-state index contributed by atoms with van der Waals surface area (Å²) in [5.74, 6) is 0. The first-order chi connectivity index (χ1) is 9.75. The maximum Gasteiger partial charge on any atom is 0.0561 e. The molecule has 1 nitrogen and oxygen atoms in total. The monoisotopic (exact) mass is 315 g/mol. The highest BCUT2D eigenvalue weighted by atomic mass is 35.5. The van der Waals surface area contributed by atoms with Crippen molar-refractivity contribution in [2.24, 2.45) is 5.73 Å². The van der Waals surface area contributed by atoms with E-state index < -0.39 is 0 Å². The molecule has 0 amide bonds. The Morgan fingerprint density at radius 1 is 1.00 bits per heavy atom. The van der Waals surface area contributed by atoms with E-state index in [2.05, 4.69) is 6.92 Å². The average molecular weight is 316 g/mol. The molecule has 0 aliphatic rings. The molecule has 1 aromatic rings. The molecule has 1 aromatic heterocycles. The zero-order valence-electron chi connectivity index (χ0n) is 12.9. The summed E-state index contributed by atoms with van der Waals surface area (Å²) in [5.41, 5.74) is 6.18. The van der Waals surface area contributed by atoms with Crippen LogP contribution in [0.2, 0.25) is 5.02 Å². The fraction of sp³-hybridized carbons (Fsp3) is 0.765. The van der Waals surface area contributed by atoms with E-state index in [1.54, 1.807) is 11.3 Å². The summed E-state index contributed by atoms with van der Waals surface area (Å²) < 4.78 is 0. The quantitative estimate of drug-likeness (QED) is 0.426. The smallest absolute Gasteiger partial charge is 0.0561 e. The van der Waals surface area contributed by atoms with Gasteiger partial charge < -0.3 is 5.73 Å². The minimum atomic E-state index is 0.136. The summed E-state index contributed by atoms with van der Waals surface area (Å²) in [5, 5.41) is 2.87. The van der Waals surface area contributed by atoms with Crippen molar-refractivity contribution in [2.75, 3.05) is 0 Å². The van der Waals surface area contributed by atoms with Crippen LogP contribution in [0.5, 0.6) is 0 Å². The van der Waals surface area contributed by atoms with Gasteiger partial charge in [-0.15, -0.1) is 11.3 Å². The van der Waals surface area contributed by atoms with Gasteiger partial charge in [0.2, 0.25) is 0 Å². The Bertz CT molecular complexity index is 337. The third-order valence-corrected chi connectivity index (χ3v) is 5.34. The predicted octanol–water partition coefficient (Wildman–Crippen LogP) is 6.71. The lowest BCUT2D eigenvalue weighted by atomic mass is 10.0. The Morgan fingerprint density at radius 2 is 1.55 bits per heavy atom. The topological polar surface area (TPSA) is 26.0 Å². The Labute approximate surface area is 133 Å². The average Bonchev–Trinajstić information content (AvgIpc) is 2.87. The number of unbranched alkanes of at least 4 members (excludes halogenated alkanes) is 9. The number of thiophene rings is 1. The van der Waals surface area contributed by atoms with Crippen LogP contribution in [0, 0.1) is 0 Å². The van der Waals surface area contributed by atoms with E-state index in [1.807, 2.05) is 11.4 Å². The van der Waals surface area contributed by atoms with E-state index in [9.17, 15) is 0 Å². The summed E-state index contributed by atoms with van der Waals surface area (Å²) in [6, 6.07) is 2.08. The molecule has 0 saturated heterocycles. The van der Waals surface area contributed by atoms with E-state index in [1.165, 1.54) is 64.2 Å². The van der Waals surface area contributed by atoms with Crippen molar-refractivity contribution in [2.45, 2.75) is 83.6 Å². The second-order valence-corrected chi connectivity index (χ2v) is 7.06. The van der Waals surface area contributed by atoms with Crippen molar-refractivity contribution in [1.29, 1.82) is 0 Å². The molecule has 1 atom stereocenters. The third-order valence-electron chi connectivity index (χ3n) is 3.85. The lowest BCUT2D eigenvalue weighted by molar-refractivity contribution is 0.531. The van der Waals surface area contributed by atoms with Gasteiger partial charge in [0.25, 0.3) is 0 Å². The van der Waals surface area contributed by atoms with Crippen LogP contribution < -0.4 is 5.73 Å². The Balaban J connectivity index is 1.91. The Kier molecular flexibility index (Phi) is 10.4. The number of hydrogen-bond donors (Lipinski definition) is 1. The molecule has 2 N–H and O–H groups in total. The molecule has 0 radical (unpaired) electrons. The summed E-state index contributed by atoms with van der Waals surface area (Å²) >= 11 is 7.78. The van der Waals surface area contributed by atoms with E-state index in [-0.39, 0.29) is 6.04 Å². The van der Waals surface area contributed by atoms with Crippen LogP contribution >= 0.6 is 22.9 Å². The fourth-order valence-electron chi connectivity index (χ4n) is 2.55. The largest absolute Gasteiger partial charge is 0.323 e. The maximum absolute atomic E-state index is 6.18. The van der Waals surface area contributed by atoms with Gasteiger partial charge in [-0.2, -0.15) is 0 Å². The van der Waals surface area contributed by atoms with Gasteiger partial charge in [-0.25, -0.2) is 0 Å². The van der Waals surface area contributed by atoms with Gasteiger partial charge in [0.1, 0.15) is 0 Å². The van der Waals surface area contributed by atoms with Crippen LogP contribution in [-0.4, -0.2) is 0 Å². The Morgan fingerprint density at radius 3 is 2.05 bits per heavy atom. The molecule has 1 rings (SSSR count). The van der Waals surface area contributed by atoms with E-state index in [0.717, 1.165) is 16.3 Å². The highest BCUT2D eigenvalue weighted by Gasteiger charge is 2.10. The molecule has 116 valence electrons. The van der Waals surface area contributed by atoms with Gasteiger partial charge in [-0.3, -0.25) is 0 Å². The zero-order valence-corrected chi connectivity index (χ0v) is 14.4. The number of halogens is 1. The Hall–Kier alpha value is -0.0500. The molecule has 3 heteroatoms. The van der Waals surface area contributed by atoms with Crippen LogP contribution in [-0.2, 0) is 0 Å². The summed E-state index contributed by atoms with van der Waals surface area (Å²) in [6.45, 7) is 2.27. The summed E-state index contributed by atoms with van der Waals surface area (Å²) in [6.07, 6.45) is 14.8. The molecule has 1 heterocycles. The second-order valence-electron chi connectivity index (χ2n) is 5.71. The molecule has 0 aromatic carbocycles. The molecule has 0 aliphatic heterocycles. The number of rotatable bonds is 12. The molecule has 20 heavy (non-hydrogen) atoms. The van der Waals surface area contributed by atoms with Crippen LogP contribution in [0.25, 0.3) is 0 Å². The van der Waals surface area contributed by atoms with E-state index >= 15 is 0 Å². The van der Waals surface area contributed by atoms with Gasteiger partial charge in [-0.05, 0) is 17.9 Å². The standard InChI is InChI=1S/C17H30ClNS/c1-2-3-4-5-6-7-8-9-10-11-12-16(19)17-15(18)13-14-20-17/h13-14,16H,2-12,19H2,1H3. The molecule has 1 unspecified atom stereocenters. The molecule has 0 saturated carbocycles. The second kappa shape index (κ2) is 11.6. The van der Waals surface area contributed by atoms with Gasteiger partial charge in [-0.1, -0.05) is 82.7 Å². The highest BCUT2D eigenvalue weighted by Crippen LogP contribution is 2.30. The molecule has 0 spiro atoms. The molecule has 0 fully saturated rings. The first-order valence-corrected chi connectivity index (χ1v) is 9.50. The third kappa shape index (κ3) is 7.66. The van der Waals surface area contributed by atoms with Crippen molar-refractivity contribution in [1.82, 2.24) is 0 Å². The molecular formula is C17H30ClNS. The normalized spacial score (nSPS) is 12.8. The van der Waals surface area contributed by atoms with Gasteiger partial charge in [0.15, 0.2) is 0 Å². The van der Waals surface area contributed by atoms with Gasteiger partial charge >= 0.3 is 0 Å². The van der Waals surface area contributed by atoms with Crippen molar-refractivity contribution in [3.05, 3.63) is 21.3 Å². The van der Waals surface area contributed by atoms with Crippen LogP contribution in [0.3, 0.4) is 0 Å². The maximum atomic E-state index is 6.18. The molecular weight excluding hydrogens is 286 g/mol. The van der Waals surface area contributed by atoms with Crippen molar-refractivity contribution in [3.8, 4) is 0 Å². The van der Waals surface area contributed by atoms with Crippen molar-refractivity contribution >= 4 is 22.9 Å². The van der Waals surface area contributed by atoms with Crippen molar-refractivity contribution in [3.63, 3.8) is 0 Å².